The number of nitrogens with one attached hydrogen (secondary N) is 2. The van der Waals surface area contributed by atoms with Crippen LogP contribution in [0.15, 0.2) is 23.2 Å². The number of ether oxygens (including phenoxy) is 2. The van der Waals surface area contributed by atoms with Gasteiger partial charge in [-0.25, -0.2) is 0 Å². The Morgan fingerprint density at radius 3 is 2.54 bits per heavy atom. The van der Waals surface area contributed by atoms with Crippen LogP contribution in [0.4, 0.5) is 13.2 Å². The fourth-order valence-electron chi connectivity index (χ4n) is 2.23. The Balaban J connectivity index is 0.00000729. The van der Waals surface area contributed by atoms with Gasteiger partial charge in [0.25, 0.3) is 0 Å². The molecule has 162 valence electrons. The van der Waals surface area contributed by atoms with Gasteiger partial charge in [-0.3, -0.25) is 4.99 Å². The first-order chi connectivity index (χ1) is 12.7. The van der Waals surface area contributed by atoms with Crippen molar-refractivity contribution >= 4 is 29.9 Å². The van der Waals surface area contributed by atoms with Crippen molar-refractivity contribution in [1.29, 1.82) is 0 Å². The Morgan fingerprint density at radius 1 is 1.21 bits per heavy atom. The maximum absolute atomic E-state index is 12.4. The van der Waals surface area contributed by atoms with Gasteiger partial charge < -0.3 is 25.0 Å². The van der Waals surface area contributed by atoms with Crippen LogP contribution in [0.3, 0.4) is 0 Å². The van der Waals surface area contributed by atoms with Crippen LogP contribution in [0.1, 0.15) is 11.1 Å². The average Bonchev–Trinajstić information content (AvgIpc) is 2.61. The van der Waals surface area contributed by atoms with Crippen molar-refractivity contribution in [2.45, 2.75) is 19.6 Å². The van der Waals surface area contributed by atoms with E-state index in [0.29, 0.717) is 31.2 Å². The molecule has 0 aliphatic heterocycles. The smallest absolute Gasteiger partial charge is 0.422 e. The van der Waals surface area contributed by atoms with Crippen molar-refractivity contribution in [1.82, 2.24) is 15.5 Å². The zero-order valence-electron chi connectivity index (χ0n) is 16.7. The van der Waals surface area contributed by atoms with Gasteiger partial charge in [0.2, 0.25) is 0 Å². The Hall–Kier alpha value is -1.27. The Labute approximate surface area is 181 Å². The molecule has 0 unspecified atom stereocenters. The molecule has 1 aromatic rings. The standard InChI is InChI=1S/C18H29F3N4O2.HI/c1-14-5-6-15(16(11-14)27-13-18(19,20)21)12-24-17(22-2)23-7-8-25(3)9-10-26-4;/h5-6,11H,7-10,12-13H2,1-4H3,(H2,22,23,24);1H. The van der Waals surface area contributed by atoms with Crippen molar-refractivity contribution < 1.29 is 22.6 Å². The lowest BCUT2D eigenvalue weighted by Gasteiger charge is -2.18. The summed E-state index contributed by atoms with van der Waals surface area (Å²) in [6.45, 7) is 3.75. The molecule has 0 aromatic heterocycles. The molecule has 1 rings (SSSR count). The van der Waals surface area contributed by atoms with Crippen LogP contribution in [-0.4, -0.2) is 71.1 Å². The number of alkyl halides is 3. The SMILES string of the molecule is CN=C(NCCN(C)CCOC)NCc1ccc(C)cc1OCC(F)(F)F.I. The van der Waals surface area contributed by atoms with E-state index in [1.165, 1.54) is 0 Å². The predicted octanol–water partition coefficient (Wildman–Crippen LogP) is 2.80. The lowest BCUT2D eigenvalue weighted by Crippen LogP contribution is -2.41. The minimum absolute atomic E-state index is 0. The Morgan fingerprint density at radius 2 is 1.93 bits per heavy atom. The highest BCUT2D eigenvalue weighted by Crippen LogP contribution is 2.23. The molecule has 6 nitrogen and oxygen atoms in total. The fraction of sp³-hybridized carbons (Fsp3) is 0.611. The summed E-state index contributed by atoms with van der Waals surface area (Å²) < 4.78 is 47.3. The first-order valence-corrected chi connectivity index (χ1v) is 8.66. The lowest BCUT2D eigenvalue weighted by atomic mass is 10.1. The number of hydrogen-bond acceptors (Lipinski definition) is 4. The van der Waals surface area contributed by atoms with Gasteiger partial charge in [-0.1, -0.05) is 12.1 Å². The zero-order valence-corrected chi connectivity index (χ0v) is 19.1. The molecule has 0 bridgehead atoms. The van der Waals surface area contributed by atoms with E-state index in [9.17, 15) is 13.2 Å². The molecule has 1 aromatic carbocycles. The molecule has 0 aliphatic rings. The molecule has 0 amide bonds. The van der Waals surface area contributed by atoms with E-state index in [1.807, 2.05) is 13.1 Å². The van der Waals surface area contributed by atoms with Crippen LogP contribution in [0.25, 0.3) is 0 Å². The molecule has 0 heterocycles. The van der Waals surface area contributed by atoms with Gasteiger partial charge >= 0.3 is 6.18 Å². The number of aliphatic imine (C=N–C) groups is 1. The van der Waals surface area contributed by atoms with Crippen molar-refractivity contribution in [3.63, 3.8) is 0 Å². The summed E-state index contributed by atoms with van der Waals surface area (Å²) in [7, 11) is 5.29. The van der Waals surface area contributed by atoms with E-state index in [-0.39, 0.29) is 29.7 Å². The van der Waals surface area contributed by atoms with Crippen molar-refractivity contribution in [3.05, 3.63) is 29.3 Å². The van der Waals surface area contributed by atoms with E-state index < -0.39 is 12.8 Å². The second-order valence-corrected chi connectivity index (χ2v) is 6.16. The second kappa shape index (κ2) is 13.8. The third kappa shape index (κ3) is 11.5. The Kier molecular flexibility index (Phi) is 13.2. The van der Waals surface area contributed by atoms with E-state index in [1.54, 1.807) is 33.2 Å². The Bertz CT molecular complexity index is 601. The maximum atomic E-state index is 12.4. The highest BCUT2D eigenvalue weighted by molar-refractivity contribution is 14.0. The molecule has 0 aliphatic carbocycles. The van der Waals surface area contributed by atoms with Gasteiger partial charge in [0.05, 0.1) is 6.61 Å². The summed E-state index contributed by atoms with van der Waals surface area (Å²) in [5, 5.41) is 6.26. The zero-order chi connectivity index (χ0) is 20.3. The van der Waals surface area contributed by atoms with Crippen LogP contribution < -0.4 is 15.4 Å². The quantitative estimate of drug-likeness (QED) is 0.284. The number of halogens is 4. The van der Waals surface area contributed by atoms with Gasteiger partial charge in [-0.15, -0.1) is 24.0 Å². The third-order valence-electron chi connectivity index (χ3n) is 3.75. The minimum Gasteiger partial charge on any atom is -0.484 e. The molecule has 0 spiro atoms. The minimum atomic E-state index is -4.37. The first kappa shape index (κ1) is 26.7. The van der Waals surface area contributed by atoms with E-state index >= 15 is 0 Å². The molecule has 0 atom stereocenters. The number of aryl methyl sites for hydroxylation is 1. The summed E-state index contributed by atoms with van der Waals surface area (Å²) in [4.78, 5) is 6.24. The maximum Gasteiger partial charge on any atom is 0.422 e. The van der Waals surface area contributed by atoms with E-state index in [0.717, 1.165) is 18.7 Å². The number of methoxy groups -OCH3 is 1. The van der Waals surface area contributed by atoms with Crippen LogP contribution >= 0.6 is 24.0 Å². The normalized spacial score (nSPS) is 11.9. The molecular weight excluding hydrogens is 488 g/mol. The average molecular weight is 518 g/mol. The van der Waals surface area contributed by atoms with E-state index in [4.69, 9.17) is 9.47 Å². The molecule has 0 fully saturated rings. The van der Waals surface area contributed by atoms with Gasteiger partial charge in [-0.2, -0.15) is 13.2 Å². The second-order valence-electron chi connectivity index (χ2n) is 6.16. The largest absolute Gasteiger partial charge is 0.484 e. The molecule has 0 saturated heterocycles. The summed E-state index contributed by atoms with van der Waals surface area (Å²) in [6, 6.07) is 5.18. The molecule has 10 heteroatoms. The van der Waals surface area contributed by atoms with Crippen molar-refractivity contribution in [2.24, 2.45) is 4.99 Å². The number of hydrogen-bond donors (Lipinski definition) is 2. The monoisotopic (exact) mass is 518 g/mol. The fourth-order valence-corrected chi connectivity index (χ4v) is 2.23. The van der Waals surface area contributed by atoms with Crippen LogP contribution in [0, 0.1) is 6.92 Å². The van der Waals surface area contributed by atoms with Gasteiger partial charge in [0, 0.05) is 45.9 Å². The van der Waals surface area contributed by atoms with Crippen LogP contribution in [-0.2, 0) is 11.3 Å². The third-order valence-corrected chi connectivity index (χ3v) is 3.75. The molecule has 28 heavy (non-hydrogen) atoms. The van der Waals surface area contributed by atoms with Crippen molar-refractivity contribution in [3.8, 4) is 5.75 Å². The van der Waals surface area contributed by atoms with Gasteiger partial charge in [0.15, 0.2) is 12.6 Å². The summed E-state index contributed by atoms with van der Waals surface area (Å²) in [6.07, 6.45) is -4.37. The lowest BCUT2D eigenvalue weighted by molar-refractivity contribution is -0.153. The van der Waals surface area contributed by atoms with Gasteiger partial charge in [-0.05, 0) is 25.6 Å². The first-order valence-electron chi connectivity index (χ1n) is 8.66. The van der Waals surface area contributed by atoms with Crippen LogP contribution in [0.5, 0.6) is 5.75 Å². The highest BCUT2D eigenvalue weighted by atomic mass is 127. The van der Waals surface area contributed by atoms with Crippen LogP contribution in [0.2, 0.25) is 0 Å². The number of guanidine groups is 1. The molecule has 0 radical (unpaired) electrons. The number of nitrogens with zero attached hydrogens (tertiary/aromatic N) is 2. The molecule has 2 N–H and O–H groups in total. The van der Waals surface area contributed by atoms with Gasteiger partial charge in [0.1, 0.15) is 5.75 Å². The highest BCUT2D eigenvalue weighted by Gasteiger charge is 2.28. The van der Waals surface area contributed by atoms with E-state index in [2.05, 4.69) is 20.5 Å². The molecular formula is C18H30F3IN4O2. The predicted molar refractivity (Wildman–Crippen MR) is 116 cm³/mol. The number of benzene rings is 1. The molecule has 0 saturated carbocycles. The topological polar surface area (TPSA) is 58.1 Å². The number of likely N-dealkylation sites (N-methyl/N-ethyl adjacent to an activating group) is 1. The summed E-state index contributed by atoms with van der Waals surface area (Å²) in [5.74, 6) is 0.784. The number of rotatable bonds is 10. The van der Waals surface area contributed by atoms with Crippen molar-refractivity contribution in [2.75, 3.05) is 54.1 Å². The summed E-state index contributed by atoms with van der Waals surface area (Å²) in [5.41, 5.74) is 1.46. The summed E-state index contributed by atoms with van der Waals surface area (Å²) >= 11 is 0.